The van der Waals surface area contributed by atoms with Gasteiger partial charge in [-0.15, -0.1) is 11.3 Å². The molecule has 0 aliphatic heterocycles. The van der Waals surface area contributed by atoms with Crippen LogP contribution in [0.2, 0.25) is 0 Å². The maximum Gasteiger partial charge on any atom is 0.279 e. The van der Waals surface area contributed by atoms with Crippen molar-refractivity contribution in [2.24, 2.45) is 0 Å². The molecule has 0 fully saturated rings. The van der Waals surface area contributed by atoms with Gasteiger partial charge in [0, 0.05) is 11.1 Å². The normalized spacial score (nSPS) is 13.3. The van der Waals surface area contributed by atoms with Crippen molar-refractivity contribution in [1.29, 1.82) is 0 Å². The Kier molecular flexibility index (Phi) is 2.71. The van der Waals surface area contributed by atoms with Gasteiger partial charge in [-0.1, -0.05) is 0 Å². The summed E-state index contributed by atoms with van der Waals surface area (Å²) in [5.74, 6) is -0.556. The number of fused-ring (bicyclic) bond motifs is 1. The smallest absolute Gasteiger partial charge is 0.279 e. The van der Waals surface area contributed by atoms with Crippen molar-refractivity contribution in [3.05, 3.63) is 34.6 Å². The van der Waals surface area contributed by atoms with Gasteiger partial charge in [-0.05, 0) is 31.4 Å². The fourth-order valence-corrected chi connectivity index (χ4v) is 3.02. The number of nitrogens with one attached hydrogen (secondary N) is 1. The van der Waals surface area contributed by atoms with Crippen molar-refractivity contribution in [1.82, 2.24) is 9.97 Å². The molecule has 0 atom stereocenters. The largest absolute Gasteiger partial charge is 0.505 e. The first-order valence-corrected chi connectivity index (χ1v) is 6.49. The van der Waals surface area contributed by atoms with Crippen LogP contribution in [0.15, 0.2) is 18.3 Å². The van der Waals surface area contributed by atoms with Gasteiger partial charge in [0.25, 0.3) is 5.91 Å². The fourth-order valence-electron chi connectivity index (χ4n) is 1.97. The third kappa shape index (κ3) is 1.95. The Bertz CT molecular complexity index is 588. The molecule has 0 unspecified atom stereocenters. The summed E-state index contributed by atoms with van der Waals surface area (Å²) < 4.78 is 0. The average Bonchev–Trinajstić information content (AvgIpc) is 2.90. The molecule has 2 N–H and O–H groups in total. The number of pyridine rings is 1. The number of carbonyl (C=O) groups excluding carboxylic acids is 1. The highest BCUT2D eigenvalue weighted by Gasteiger charge is 2.19. The molecule has 0 aromatic carbocycles. The Labute approximate surface area is 108 Å². The number of aryl methyl sites for hydroxylation is 2. The van der Waals surface area contributed by atoms with Crippen LogP contribution >= 0.6 is 11.3 Å². The number of anilines is 1. The fraction of sp³-hybridized carbons (Fsp3) is 0.250. The summed E-state index contributed by atoms with van der Waals surface area (Å²) in [6, 6.07) is 3.01. The molecule has 2 aromatic heterocycles. The zero-order valence-corrected chi connectivity index (χ0v) is 10.3. The summed E-state index contributed by atoms with van der Waals surface area (Å²) in [5.41, 5.74) is 1.11. The molecule has 5 nitrogen and oxygen atoms in total. The van der Waals surface area contributed by atoms with Crippen molar-refractivity contribution in [2.45, 2.75) is 19.3 Å². The summed E-state index contributed by atoms with van der Waals surface area (Å²) >= 11 is 1.50. The van der Waals surface area contributed by atoms with Crippen LogP contribution in [0, 0.1) is 0 Å². The van der Waals surface area contributed by atoms with Crippen LogP contribution in [-0.4, -0.2) is 21.0 Å². The van der Waals surface area contributed by atoms with E-state index in [2.05, 4.69) is 15.3 Å². The molecular weight excluding hydrogens is 250 g/mol. The van der Waals surface area contributed by atoms with Crippen LogP contribution < -0.4 is 5.32 Å². The molecule has 0 bridgehead atoms. The molecule has 1 aliphatic carbocycles. The molecule has 0 spiro atoms. The first-order valence-electron chi connectivity index (χ1n) is 5.68. The Morgan fingerprint density at radius 1 is 1.44 bits per heavy atom. The standard InChI is InChI=1S/C12H11N3O2S/c16-8-4-2-6-13-10(8)11(17)15-12-14-7-3-1-5-9(7)18-12/h2,4,6,16H,1,3,5H2,(H,14,15,17). The van der Waals surface area contributed by atoms with E-state index in [-0.39, 0.29) is 11.4 Å². The minimum Gasteiger partial charge on any atom is -0.505 e. The van der Waals surface area contributed by atoms with Crippen molar-refractivity contribution >= 4 is 22.4 Å². The summed E-state index contributed by atoms with van der Waals surface area (Å²) in [6.45, 7) is 0. The van der Waals surface area contributed by atoms with E-state index in [0.29, 0.717) is 5.13 Å². The highest BCUT2D eigenvalue weighted by molar-refractivity contribution is 7.15. The van der Waals surface area contributed by atoms with Gasteiger partial charge >= 0.3 is 0 Å². The second-order valence-corrected chi connectivity index (χ2v) is 5.15. The van der Waals surface area contributed by atoms with Crippen molar-refractivity contribution in [2.75, 3.05) is 5.32 Å². The van der Waals surface area contributed by atoms with E-state index in [9.17, 15) is 9.90 Å². The van der Waals surface area contributed by atoms with E-state index in [1.54, 1.807) is 6.07 Å². The quantitative estimate of drug-likeness (QED) is 0.866. The lowest BCUT2D eigenvalue weighted by molar-refractivity contribution is 0.101. The van der Waals surface area contributed by atoms with Crippen molar-refractivity contribution < 1.29 is 9.90 Å². The zero-order chi connectivity index (χ0) is 12.5. The highest BCUT2D eigenvalue weighted by Crippen LogP contribution is 2.30. The summed E-state index contributed by atoms with van der Waals surface area (Å²) in [4.78, 5) is 21.4. The number of thiazole rings is 1. The second-order valence-electron chi connectivity index (χ2n) is 4.07. The van der Waals surface area contributed by atoms with E-state index in [0.717, 1.165) is 25.0 Å². The molecular formula is C12H11N3O2S. The highest BCUT2D eigenvalue weighted by atomic mass is 32.1. The molecule has 0 saturated heterocycles. The number of carbonyl (C=O) groups is 1. The number of aromatic hydroxyl groups is 1. The number of amides is 1. The first kappa shape index (κ1) is 11.2. The van der Waals surface area contributed by atoms with Crippen LogP contribution in [0.3, 0.4) is 0 Å². The topological polar surface area (TPSA) is 75.1 Å². The van der Waals surface area contributed by atoms with Gasteiger partial charge in [-0.25, -0.2) is 9.97 Å². The molecule has 18 heavy (non-hydrogen) atoms. The second kappa shape index (κ2) is 4.38. The molecule has 1 amide bonds. The van der Waals surface area contributed by atoms with E-state index < -0.39 is 5.91 Å². The average molecular weight is 261 g/mol. The number of hydrogen-bond acceptors (Lipinski definition) is 5. The van der Waals surface area contributed by atoms with Gasteiger partial charge in [-0.2, -0.15) is 0 Å². The van der Waals surface area contributed by atoms with Gasteiger partial charge in [0.2, 0.25) is 0 Å². The summed E-state index contributed by atoms with van der Waals surface area (Å²) in [6.07, 6.45) is 4.63. The van der Waals surface area contributed by atoms with Gasteiger partial charge in [0.1, 0.15) is 5.75 Å². The van der Waals surface area contributed by atoms with Crippen LogP contribution in [0.25, 0.3) is 0 Å². The summed E-state index contributed by atoms with van der Waals surface area (Å²) in [5, 5.41) is 12.8. The minimum atomic E-state index is -0.430. The van der Waals surface area contributed by atoms with Crippen LogP contribution in [0.4, 0.5) is 5.13 Å². The maximum absolute atomic E-state index is 11.9. The van der Waals surface area contributed by atoms with E-state index in [4.69, 9.17) is 0 Å². The molecule has 0 radical (unpaired) electrons. The predicted molar refractivity (Wildman–Crippen MR) is 68.0 cm³/mol. The third-order valence-corrected chi connectivity index (χ3v) is 3.89. The van der Waals surface area contributed by atoms with Crippen molar-refractivity contribution in [3.63, 3.8) is 0 Å². The van der Waals surface area contributed by atoms with Gasteiger partial charge < -0.3 is 5.11 Å². The van der Waals surface area contributed by atoms with Gasteiger partial charge in [0.05, 0.1) is 5.69 Å². The predicted octanol–water partition coefficient (Wildman–Crippen LogP) is 1.98. The molecule has 0 saturated carbocycles. The minimum absolute atomic E-state index is 0.0212. The van der Waals surface area contributed by atoms with E-state index >= 15 is 0 Å². The van der Waals surface area contributed by atoms with Crippen LogP contribution in [0.1, 0.15) is 27.5 Å². The molecule has 2 aromatic rings. The molecule has 92 valence electrons. The lowest BCUT2D eigenvalue weighted by Crippen LogP contribution is -2.13. The Balaban J connectivity index is 1.80. The zero-order valence-electron chi connectivity index (χ0n) is 9.51. The Morgan fingerprint density at radius 3 is 3.11 bits per heavy atom. The third-order valence-electron chi connectivity index (χ3n) is 2.82. The van der Waals surface area contributed by atoms with E-state index in [1.807, 2.05) is 0 Å². The van der Waals surface area contributed by atoms with E-state index in [1.165, 1.54) is 28.5 Å². The van der Waals surface area contributed by atoms with Gasteiger partial charge in [0.15, 0.2) is 10.8 Å². The molecule has 3 rings (SSSR count). The first-order chi connectivity index (χ1) is 8.74. The Hall–Kier alpha value is -1.95. The van der Waals surface area contributed by atoms with Crippen LogP contribution in [0.5, 0.6) is 5.75 Å². The lowest BCUT2D eigenvalue weighted by atomic mass is 10.3. The number of nitrogens with zero attached hydrogens (tertiary/aromatic N) is 2. The number of rotatable bonds is 2. The SMILES string of the molecule is O=C(Nc1nc2c(s1)CCC2)c1ncccc1O. The van der Waals surface area contributed by atoms with Crippen molar-refractivity contribution in [3.8, 4) is 5.75 Å². The molecule has 2 heterocycles. The number of hydrogen-bond donors (Lipinski definition) is 2. The number of aromatic nitrogens is 2. The maximum atomic E-state index is 11.9. The molecule has 1 aliphatic rings. The van der Waals surface area contributed by atoms with Crippen LogP contribution in [-0.2, 0) is 12.8 Å². The lowest BCUT2D eigenvalue weighted by Gasteiger charge is -2.02. The molecule has 6 heteroatoms. The van der Waals surface area contributed by atoms with Gasteiger partial charge in [-0.3, -0.25) is 10.1 Å². The Morgan fingerprint density at radius 2 is 2.33 bits per heavy atom. The monoisotopic (exact) mass is 261 g/mol. The summed E-state index contributed by atoms with van der Waals surface area (Å²) in [7, 11) is 0.